The Morgan fingerprint density at radius 3 is 2.45 bits per heavy atom. The molecule has 1 unspecified atom stereocenters. The van der Waals surface area contributed by atoms with Crippen molar-refractivity contribution in [3.63, 3.8) is 0 Å². The smallest absolute Gasteiger partial charge is 0.326 e. The van der Waals surface area contributed by atoms with Gasteiger partial charge in [-0.2, -0.15) is 0 Å². The summed E-state index contributed by atoms with van der Waals surface area (Å²) in [4.78, 5) is 22.3. The van der Waals surface area contributed by atoms with Crippen molar-refractivity contribution in [2.24, 2.45) is 11.7 Å². The van der Waals surface area contributed by atoms with Gasteiger partial charge in [-0.25, -0.2) is 4.79 Å². The minimum absolute atomic E-state index is 0.0556. The maximum atomic E-state index is 11.4. The minimum atomic E-state index is -0.891. The van der Waals surface area contributed by atoms with E-state index < -0.39 is 17.9 Å². The molecule has 20 heavy (non-hydrogen) atoms. The lowest BCUT2D eigenvalue weighted by atomic mass is 9.84. The van der Waals surface area contributed by atoms with Gasteiger partial charge in [0.2, 0.25) is 0 Å². The summed E-state index contributed by atoms with van der Waals surface area (Å²) in [5.41, 5.74) is 5.13. The summed E-state index contributed by atoms with van der Waals surface area (Å²) in [5.74, 6) is -1.12. The van der Waals surface area contributed by atoms with E-state index >= 15 is 0 Å². The van der Waals surface area contributed by atoms with Crippen LogP contribution in [0.2, 0.25) is 0 Å². The molecule has 1 aliphatic rings. The summed E-state index contributed by atoms with van der Waals surface area (Å²) >= 11 is 0. The van der Waals surface area contributed by atoms with Crippen molar-refractivity contribution < 1.29 is 14.7 Å². The lowest BCUT2D eigenvalue weighted by molar-refractivity contribution is -0.139. The number of aliphatic carboxylic acids is 1. The molecule has 0 aliphatic heterocycles. The van der Waals surface area contributed by atoms with Crippen molar-refractivity contribution in [1.82, 2.24) is 10.2 Å². The van der Waals surface area contributed by atoms with Gasteiger partial charge in [-0.05, 0) is 30.9 Å². The van der Waals surface area contributed by atoms with Crippen LogP contribution in [0.1, 0.15) is 42.6 Å². The van der Waals surface area contributed by atoms with Crippen LogP contribution in [0.3, 0.4) is 0 Å². The number of amides is 1. The van der Waals surface area contributed by atoms with Crippen LogP contribution < -0.4 is 11.1 Å². The Balaban J connectivity index is 2.07. The Kier molecular flexibility index (Phi) is 4.49. The van der Waals surface area contributed by atoms with E-state index in [1.165, 1.54) is 12.1 Å². The second-order valence-electron chi connectivity index (χ2n) is 5.03. The third-order valence-electron chi connectivity index (χ3n) is 3.61. The predicted octanol–water partition coefficient (Wildman–Crippen LogP) is 1.02. The Morgan fingerprint density at radius 2 is 1.95 bits per heavy atom. The first-order chi connectivity index (χ1) is 9.58. The molecule has 108 valence electrons. The second-order valence-corrected chi connectivity index (χ2v) is 5.03. The Hall–Kier alpha value is -2.18. The highest BCUT2D eigenvalue weighted by Gasteiger charge is 2.29. The molecule has 0 aromatic carbocycles. The number of rotatable bonds is 5. The number of nitrogens with two attached hydrogens (primary N) is 1. The number of hydrogen-bond donors (Lipinski definition) is 3. The van der Waals surface area contributed by atoms with Gasteiger partial charge in [-0.1, -0.05) is 19.3 Å². The second kappa shape index (κ2) is 6.31. The standard InChI is InChI=1S/C13H18N4O3/c14-12(18)9-6-7-10(17-16-9)15-11(13(19)20)8-4-2-1-3-5-8/h6-8,11H,1-5H2,(H2,14,18)(H,15,17)(H,19,20). The molecule has 1 aromatic heterocycles. The summed E-state index contributed by atoms with van der Waals surface area (Å²) in [6, 6.07) is 2.27. The number of aromatic nitrogens is 2. The summed E-state index contributed by atoms with van der Waals surface area (Å²) < 4.78 is 0. The summed E-state index contributed by atoms with van der Waals surface area (Å²) in [5, 5.41) is 19.7. The van der Waals surface area contributed by atoms with E-state index in [0.717, 1.165) is 32.1 Å². The molecule has 1 fully saturated rings. The first-order valence-corrected chi connectivity index (χ1v) is 6.71. The van der Waals surface area contributed by atoms with Crippen molar-refractivity contribution in [2.45, 2.75) is 38.1 Å². The van der Waals surface area contributed by atoms with Crippen LogP contribution in [-0.2, 0) is 4.79 Å². The van der Waals surface area contributed by atoms with Gasteiger partial charge in [0.05, 0.1) is 0 Å². The number of hydrogen-bond acceptors (Lipinski definition) is 5. The Labute approximate surface area is 116 Å². The lowest BCUT2D eigenvalue weighted by Gasteiger charge is -2.28. The van der Waals surface area contributed by atoms with Crippen LogP contribution in [-0.4, -0.2) is 33.2 Å². The maximum absolute atomic E-state index is 11.4. The fraction of sp³-hybridized carbons (Fsp3) is 0.538. The van der Waals surface area contributed by atoms with Gasteiger partial charge in [-0.3, -0.25) is 4.79 Å². The number of nitrogens with zero attached hydrogens (tertiary/aromatic N) is 2. The van der Waals surface area contributed by atoms with Crippen LogP contribution >= 0.6 is 0 Å². The van der Waals surface area contributed by atoms with E-state index in [4.69, 9.17) is 5.73 Å². The average molecular weight is 278 g/mol. The van der Waals surface area contributed by atoms with Gasteiger partial charge in [-0.15, -0.1) is 10.2 Å². The van der Waals surface area contributed by atoms with E-state index in [0.29, 0.717) is 5.82 Å². The molecule has 4 N–H and O–H groups in total. The van der Waals surface area contributed by atoms with Crippen molar-refractivity contribution in [2.75, 3.05) is 5.32 Å². The molecule has 1 amide bonds. The van der Waals surface area contributed by atoms with Crippen molar-refractivity contribution >= 4 is 17.7 Å². The first kappa shape index (κ1) is 14.2. The van der Waals surface area contributed by atoms with Gasteiger partial charge in [0.1, 0.15) is 11.9 Å². The number of anilines is 1. The Bertz CT molecular complexity index is 483. The highest BCUT2D eigenvalue weighted by Crippen LogP contribution is 2.28. The number of carboxylic acids is 1. The number of carbonyl (C=O) groups excluding carboxylic acids is 1. The quantitative estimate of drug-likeness (QED) is 0.740. The maximum Gasteiger partial charge on any atom is 0.326 e. The highest BCUT2D eigenvalue weighted by atomic mass is 16.4. The SMILES string of the molecule is NC(=O)c1ccc(NC(C(=O)O)C2CCCCC2)nn1. The molecule has 7 nitrogen and oxygen atoms in total. The van der Waals surface area contributed by atoms with Crippen LogP contribution in [0, 0.1) is 5.92 Å². The largest absolute Gasteiger partial charge is 0.480 e. The molecule has 1 heterocycles. The Morgan fingerprint density at radius 1 is 1.25 bits per heavy atom. The molecule has 2 rings (SSSR count). The van der Waals surface area contributed by atoms with Crippen LogP contribution in [0.5, 0.6) is 0 Å². The van der Waals surface area contributed by atoms with Gasteiger partial charge in [0, 0.05) is 0 Å². The van der Waals surface area contributed by atoms with Gasteiger partial charge in [0.25, 0.3) is 5.91 Å². The zero-order chi connectivity index (χ0) is 14.5. The number of carbonyl (C=O) groups is 2. The summed E-state index contributed by atoms with van der Waals surface area (Å²) in [7, 11) is 0. The topological polar surface area (TPSA) is 118 Å². The molecular formula is C13H18N4O3. The van der Waals surface area contributed by atoms with E-state index in [1.54, 1.807) is 0 Å². The van der Waals surface area contributed by atoms with Crippen molar-refractivity contribution in [3.8, 4) is 0 Å². The molecule has 0 saturated heterocycles. The van der Waals surface area contributed by atoms with E-state index in [1.807, 2.05) is 0 Å². The highest BCUT2D eigenvalue weighted by molar-refractivity contribution is 5.90. The van der Waals surface area contributed by atoms with Gasteiger partial charge in [0.15, 0.2) is 5.69 Å². The number of carboxylic acid groups (broad SMARTS) is 1. The molecular weight excluding hydrogens is 260 g/mol. The minimum Gasteiger partial charge on any atom is -0.480 e. The third-order valence-corrected chi connectivity index (χ3v) is 3.61. The van der Waals surface area contributed by atoms with Gasteiger partial charge < -0.3 is 16.2 Å². The van der Waals surface area contributed by atoms with Crippen LogP contribution in [0.4, 0.5) is 5.82 Å². The molecule has 0 radical (unpaired) electrons. The summed E-state index contributed by atoms with van der Waals surface area (Å²) in [6.07, 6.45) is 5.08. The normalized spacial score (nSPS) is 17.4. The molecule has 1 atom stereocenters. The number of nitrogens with one attached hydrogen (secondary N) is 1. The molecule has 0 bridgehead atoms. The molecule has 1 saturated carbocycles. The first-order valence-electron chi connectivity index (χ1n) is 6.71. The average Bonchev–Trinajstić information content (AvgIpc) is 2.46. The molecule has 1 aromatic rings. The summed E-state index contributed by atoms with van der Waals surface area (Å²) in [6.45, 7) is 0. The van der Waals surface area contributed by atoms with Crippen molar-refractivity contribution in [1.29, 1.82) is 0 Å². The van der Waals surface area contributed by atoms with Gasteiger partial charge >= 0.3 is 5.97 Å². The van der Waals surface area contributed by atoms with Crippen LogP contribution in [0.25, 0.3) is 0 Å². The molecule has 1 aliphatic carbocycles. The van der Waals surface area contributed by atoms with Crippen molar-refractivity contribution in [3.05, 3.63) is 17.8 Å². The van der Waals surface area contributed by atoms with E-state index in [9.17, 15) is 14.7 Å². The van der Waals surface area contributed by atoms with E-state index in [2.05, 4.69) is 15.5 Å². The zero-order valence-electron chi connectivity index (χ0n) is 11.1. The molecule has 7 heteroatoms. The lowest BCUT2D eigenvalue weighted by Crippen LogP contribution is -2.38. The fourth-order valence-corrected chi connectivity index (χ4v) is 2.55. The van der Waals surface area contributed by atoms with Crippen LogP contribution in [0.15, 0.2) is 12.1 Å². The molecule has 0 spiro atoms. The predicted molar refractivity (Wildman–Crippen MR) is 72.2 cm³/mol. The monoisotopic (exact) mass is 278 g/mol. The fourth-order valence-electron chi connectivity index (χ4n) is 2.55. The number of primary amides is 1. The third kappa shape index (κ3) is 3.43. The zero-order valence-corrected chi connectivity index (χ0v) is 11.1. The van der Waals surface area contributed by atoms with E-state index in [-0.39, 0.29) is 11.6 Å².